The Balaban J connectivity index is 1.15. The zero-order chi connectivity index (χ0) is 26.9. The molecule has 6 heteroatoms. The van der Waals surface area contributed by atoms with E-state index in [1.807, 2.05) is 0 Å². The van der Waals surface area contributed by atoms with Crippen LogP contribution in [0.4, 0.5) is 0 Å². The van der Waals surface area contributed by atoms with Crippen LogP contribution in [0.2, 0.25) is 0 Å². The van der Waals surface area contributed by atoms with E-state index in [9.17, 15) is 9.90 Å². The van der Waals surface area contributed by atoms with Crippen molar-refractivity contribution in [3.05, 3.63) is 52.3 Å². The predicted octanol–water partition coefficient (Wildman–Crippen LogP) is 5.63. The van der Waals surface area contributed by atoms with Gasteiger partial charge in [-0.1, -0.05) is 49.1 Å². The van der Waals surface area contributed by atoms with E-state index >= 15 is 0 Å². The first-order chi connectivity index (χ1) is 19.0. The van der Waals surface area contributed by atoms with Gasteiger partial charge in [-0.15, -0.1) is 0 Å². The molecule has 3 heterocycles. The topological polar surface area (TPSA) is 61.6 Å². The van der Waals surface area contributed by atoms with Crippen LogP contribution in [0.3, 0.4) is 0 Å². The molecule has 2 aliphatic carbocycles. The highest BCUT2D eigenvalue weighted by atomic mass is 16.4. The molecule has 4 aliphatic rings. The van der Waals surface area contributed by atoms with E-state index < -0.39 is 5.97 Å². The zero-order valence-corrected chi connectivity index (χ0v) is 24.2. The summed E-state index contributed by atoms with van der Waals surface area (Å²) in [7, 11) is 0. The van der Waals surface area contributed by atoms with Gasteiger partial charge in [-0.05, 0) is 94.8 Å². The second-order valence-electron chi connectivity index (χ2n) is 13.0. The lowest BCUT2D eigenvalue weighted by molar-refractivity contribution is -0.144. The largest absolute Gasteiger partial charge is 0.480 e. The van der Waals surface area contributed by atoms with Crippen molar-refractivity contribution in [1.29, 1.82) is 0 Å². The Morgan fingerprint density at radius 2 is 1.87 bits per heavy atom. The number of piperidine rings is 1. The van der Waals surface area contributed by atoms with Crippen molar-refractivity contribution >= 4 is 5.97 Å². The number of hydrogen-bond acceptors (Lipinski definition) is 4. The third-order valence-corrected chi connectivity index (χ3v) is 10.5. The lowest BCUT2D eigenvalue weighted by Crippen LogP contribution is -2.43. The quantitative estimate of drug-likeness (QED) is 0.454. The Hall–Kier alpha value is -2.18. The minimum atomic E-state index is -0.623. The number of aliphatic carboxylic acids is 1. The summed E-state index contributed by atoms with van der Waals surface area (Å²) in [5.74, 6) is 1.48. The van der Waals surface area contributed by atoms with Crippen LogP contribution in [-0.2, 0) is 24.2 Å². The van der Waals surface area contributed by atoms with Gasteiger partial charge in [0.15, 0.2) is 0 Å². The molecule has 2 aliphatic heterocycles. The number of benzene rings is 1. The van der Waals surface area contributed by atoms with Gasteiger partial charge in [-0.2, -0.15) is 5.10 Å². The van der Waals surface area contributed by atoms with Gasteiger partial charge in [-0.25, -0.2) is 0 Å². The molecule has 6 rings (SSSR count). The lowest BCUT2D eigenvalue weighted by Gasteiger charge is -2.35. The average Bonchev–Trinajstić information content (AvgIpc) is 3.49. The summed E-state index contributed by atoms with van der Waals surface area (Å²) in [6.07, 6.45) is 11.9. The van der Waals surface area contributed by atoms with E-state index in [4.69, 9.17) is 5.10 Å². The fourth-order valence-corrected chi connectivity index (χ4v) is 8.12. The van der Waals surface area contributed by atoms with Crippen molar-refractivity contribution in [3.8, 4) is 0 Å². The van der Waals surface area contributed by atoms with Crippen molar-refractivity contribution in [1.82, 2.24) is 19.6 Å². The third kappa shape index (κ3) is 5.69. The second-order valence-corrected chi connectivity index (χ2v) is 13.0. The summed E-state index contributed by atoms with van der Waals surface area (Å²) in [5, 5.41) is 15.2. The van der Waals surface area contributed by atoms with Gasteiger partial charge < -0.3 is 10.0 Å². The molecule has 2 saturated heterocycles. The number of carboxylic acids is 1. The molecule has 39 heavy (non-hydrogen) atoms. The molecular weight excluding hydrogens is 484 g/mol. The molecular formula is C33H48N4O2. The van der Waals surface area contributed by atoms with Crippen molar-refractivity contribution in [2.45, 2.75) is 102 Å². The number of fused-ring (bicyclic) bond motifs is 1. The second kappa shape index (κ2) is 11.7. The van der Waals surface area contributed by atoms with E-state index in [-0.39, 0.29) is 6.04 Å². The normalized spacial score (nSPS) is 25.9. The molecule has 1 N–H and O–H groups in total. The summed E-state index contributed by atoms with van der Waals surface area (Å²) >= 11 is 0. The molecule has 0 radical (unpaired) electrons. The summed E-state index contributed by atoms with van der Waals surface area (Å²) < 4.78 is 2.33. The summed E-state index contributed by atoms with van der Waals surface area (Å²) in [6.45, 7) is 10.5. The van der Waals surface area contributed by atoms with Gasteiger partial charge in [0.05, 0.1) is 5.69 Å². The molecule has 1 saturated carbocycles. The molecule has 1 aromatic carbocycles. The molecule has 2 aromatic rings. The number of carbonyl (C=O) groups is 1. The van der Waals surface area contributed by atoms with Crippen LogP contribution in [0.5, 0.6) is 0 Å². The Morgan fingerprint density at radius 3 is 2.56 bits per heavy atom. The summed E-state index contributed by atoms with van der Waals surface area (Å²) in [6, 6.07) is 8.63. The highest BCUT2D eigenvalue weighted by Gasteiger charge is 2.41. The van der Waals surface area contributed by atoms with Gasteiger partial charge >= 0.3 is 5.97 Å². The number of aromatic nitrogens is 2. The third-order valence-electron chi connectivity index (χ3n) is 10.5. The Labute approximate surface area is 234 Å². The van der Waals surface area contributed by atoms with Crippen molar-refractivity contribution in [2.75, 3.05) is 32.7 Å². The van der Waals surface area contributed by atoms with Gasteiger partial charge in [0.2, 0.25) is 0 Å². The van der Waals surface area contributed by atoms with E-state index in [0.29, 0.717) is 23.7 Å². The maximum absolute atomic E-state index is 12.4. The van der Waals surface area contributed by atoms with Gasteiger partial charge in [0.1, 0.15) is 6.04 Å². The van der Waals surface area contributed by atoms with Crippen LogP contribution in [0.1, 0.15) is 98.2 Å². The zero-order valence-electron chi connectivity index (χ0n) is 24.2. The first kappa shape index (κ1) is 27.0. The minimum absolute atomic E-state index is 0.334. The van der Waals surface area contributed by atoms with Crippen LogP contribution >= 0.6 is 0 Å². The van der Waals surface area contributed by atoms with Crippen LogP contribution in [0.25, 0.3) is 0 Å². The molecule has 1 aromatic heterocycles. The monoisotopic (exact) mass is 532 g/mol. The summed E-state index contributed by atoms with van der Waals surface area (Å²) in [4.78, 5) is 17.4. The smallest absolute Gasteiger partial charge is 0.320 e. The molecule has 0 amide bonds. The fourth-order valence-electron chi connectivity index (χ4n) is 8.12. The highest BCUT2D eigenvalue weighted by Crippen LogP contribution is 2.40. The Kier molecular flexibility index (Phi) is 8.13. The number of nitrogens with zero attached hydrogens (tertiary/aromatic N) is 4. The van der Waals surface area contributed by atoms with E-state index in [0.717, 1.165) is 52.1 Å². The highest BCUT2D eigenvalue weighted by molar-refractivity contribution is 5.73. The van der Waals surface area contributed by atoms with Crippen molar-refractivity contribution in [2.24, 2.45) is 11.8 Å². The van der Waals surface area contributed by atoms with Gasteiger partial charge in [-0.3, -0.25) is 14.4 Å². The van der Waals surface area contributed by atoms with E-state index in [2.05, 4.69) is 52.6 Å². The van der Waals surface area contributed by atoms with E-state index in [1.165, 1.54) is 68.2 Å². The molecule has 6 nitrogen and oxygen atoms in total. The van der Waals surface area contributed by atoms with Gasteiger partial charge in [0, 0.05) is 43.7 Å². The van der Waals surface area contributed by atoms with Crippen LogP contribution < -0.4 is 0 Å². The number of aryl methyl sites for hydroxylation is 3. The molecule has 0 spiro atoms. The average molecular weight is 533 g/mol. The molecule has 0 unspecified atom stereocenters. The molecule has 0 bridgehead atoms. The number of hydrogen-bond donors (Lipinski definition) is 1. The van der Waals surface area contributed by atoms with Crippen molar-refractivity contribution in [3.63, 3.8) is 0 Å². The predicted molar refractivity (Wildman–Crippen MR) is 155 cm³/mol. The summed E-state index contributed by atoms with van der Waals surface area (Å²) in [5.41, 5.74) is 7.20. The number of carboxylic acid groups (broad SMARTS) is 1. The van der Waals surface area contributed by atoms with Crippen LogP contribution in [-0.4, -0.2) is 69.4 Å². The first-order valence-electron chi connectivity index (χ1n) is 15.8. The standard InChI is InChI=1S/C33H48N4O2/c1-3-37-32(28-12-4-5-13-30(28)34-37)25-14-16-35(17-15-25)20-27-21-36(31(33(38)39)19-24-9-7-10-24)22-29(27)26-11-6-8-23(2)18-26/h6,8,11,18,24-25,27,29,31H,3-5,7,9-10,12-17,19-22H2,1-2H3,(H,38,39)/t27-,29+,31+/m0/s1. The molecule has 3 atom stereocenters. The van der Waals surface area contributed by atoms with E-state index in [1.54, 1.807) is 11.3 Å². The fraction of sp³-hybridized carbons (Fsp3) is 0.697. The number of likely N-dealkylation sites (tertiary alicyclic amines) is 2. The van der Waals surface area contributed by atoms with Crippen molar-refractivity contribution < 1.29 is 9.90 Å². The van der Waals surface area contributed by atoms with Gasteiger partial charge in [0.25, 0.3) is 0 Å². The minimum Gasteiger partial charge on any atom is -0.480 e. The lowest BCUT2D eigenvalue weighted by atomic mass is 9.80. The maximum atomic E-state index is 12.4. The Morgan fingerprint density at radius 1 is 1.08 bits per heavy atom. The molecule has 3 fully saturated rings. The Bertz CT molecular complexity index is 1150. The number of rotatable bonds is 9. The first-order valence-corrected chi connectivity index (χ1v) is 15.8. The molecule has 212 valence electrons. The maximum Gasteiger partial charge on any atom is 0.320 e. The SMILES string of the molecule is CCn1nc2c(c1C1CCN(C[C@H]3CN([C@H](CC4CCC4)C(=O)O)C[C@@H]3c3cccc(C)c3)CC1)CCCC2. The van der Waals surface area contributed by atoms with Crippen LogP contribution in [0.15, 0.2) is 24.3 Å². The van der Waals surface area contributed by atoms with Crippen LogP contribution in [0, 0.1) is 18.8 Å².